The quantitative estimate of drug-likeness (QED) is 0.495. The normalized spacial score (nSPS) is 12.0. The second kappa shape index (κ2) is 10.1. The molecule has 0 saturated carbocycles. The predicted octanol–water partition coefficient (Wildman–Crippen LogP) is 2.28. The summed E-state index contributed by atoms with van der Waals surface area (Å²) in [5.74, 6) is -0.519. The number of amides is 3. The zero-order valence-corrected chi connectivity index (χ0v) is 14.7. The maximum Gasteiger partial charge on any atom is 0.330 e. The number of carbonyl (C=O) groups excluding carboxylic acids is 3. The molecular weight excluding hydrogens is 322 g/mol. The van der Waals surface area contributed by atoms with Gasteiger partial charge in [-0.15, -0.1) is 0 Å². The highest BCUT2D eigenvalue weighted by molar-refractivity contribution is 5.97. The molecular formula is C18H25N3O4. The standard InChI is InChI=1S/C18H25N3O4/c1-4-25-16(22)10-7-13-5-8-14(9-6-13)20-17(23)15(11-12(2)3)21-18(19)24/h5-10,12,15H,4,11H2,1-3H3,(H,20,23)(H3,19,21,24)/b10-7-/t15-/m1/s1. The van der Waals surface area contributed by atoms with Gasteiger partial charge in [-0.25, -0.2) is 9.59 Å². The summed E-state index contributed by atoms with van der Waals surface area (Å²) < 4.78 is 4.80. The van der Waals surface area contributed by atoms with Gasteiger partial charge in [0.15, 0.2) is 0 Å². The van der Waals surface area contributed by atoms with Gasteiger partial charge in [-0.3, -0.25) is 4.79 Å². The van der Waals surface area contributed by atoms with Gasteiger partial charge in [0.2, 0.25) is 5.91 Å². The summed E-state index contributed by atoms with van der Waals surface area (Å²) in [6.45, 7) is 5.97. The third kappa shape index (κ3) is 8.01. The van der Waals surface area contributed by atoms with E-state index in [0.717, 1.165) is 5.56 Å². The molecule has 1 atom stereocenters. The van der Waals surface area contributed by atoms with Crippen LogP contribution in [-0.2, 0) is 14.3 Å². The van der Waals surface area contributed by atoms with Crippen molar-refractivity contribution in [1.82, 2.24) is 5.32 Å². The molecule has 136 valence electrons. The third-order valence-electron chi connectivity index (χ3n) is 3.22. The summed E-state index contributed by atoms with van der Waals surface area (Å²) in [7, 11) is 0. The summed E-state index contributed by atoms with van der Waals surface area (Å²) in [5, 5.41) is 5.19. The summed E-state index contributed by atoms with van der Waals surface area (Å²) >= 11 is 0. The van der Waals surface area contributed by atoms with Crippen LogP contribution >= 0.6 is 0 Å². The molecule has 25 heavy (non-hydrogen) atoms. The molecule has 7 nitrogen and oxygen atoms in total. The van der Waals surface area contributed by atoms with Gasteiger partial charge in [0.1, 0.15) is 6.04 Å². The molecule has 4 N–H and O–H groups in total. The fourth-order valence-electron chi connectivity index (χ4n) is 2.14. The Balaban J connectivity index is 2.70. The smallest absolute Gasteiger partial charge is 0.330 e. The highest BCUT2D eigenvalue weighted by atomic mass is 16.5. The Morgan fingerprint density at radius 2 is 1.84 bits per heavy atom. The van der Waals surface area contributed by atoms with Gasteiger partial charge in [0, 0.05) is 11.8 Å². The fourth-order valence-corrected chi connectivity index (χ4v) is 2.14. The zero-order valence-electron chi connectivity index (χ0n) is 14.7. The van der Waals surface area contributed by atoms with Crippen LogP contribution in [0.5, 0.6) is 0 Å². The van der Waals surface area contributed by atoms with Crippen molar-refractivity contribution in [3.63, 3.8) is 0 Å². The number of rotatable bonds is 8. The van der Waals surface area contributed by atoms with E-state index in [1.807, 2.05) is 13.8 Å². The molecule has 0 fully saturated rings. The van der Waals surface area contributed by atoms with E-state index in [4.69, 9.17) is 10.5 Å². The van der Waals surface area contributed by atoms with Crippen molar-refractivity contribution in [2.45, 2.75) is 33.2 Å². The Kier molecular flexibility index (Phi) is 8.18. The van der Waals surface area contributed by atoms with Crippen molar-refractivity contribution in [2.75, 3.05) is 11.9 Å². The van der Waals surface area contributed by atoms with Crippen LogP contribution in [0.25, 0.3) is 6.08 Å². The van der Waals surface area contributed by atoms with Gasteiger partial charge in [0.05, 0.1) is 6.61 Å². The highest BCUT2D eigenvalue weighted by Crippen LogP contribution is 2.13. The molecule has 0 saturated heterocycles. The molecule has 0 aliphatic heterocycles. The lowest BCUT2D eigenvalue weighted by atomic mass is 10.0. The Morgan fingerprint density at radius 1 is 1.20 bits per heavy atom. The molecule has 0 aliphatic rings. The number of urea groups is 1. The summed E-state index contributed by atoms with van der Waals surface area (Å²) in [4.78, 5) is 34.6. The van der Waals surface area contributed by atoms with E-state index in [1.165, 1.54) is 6.08 Å². The summed E-state index contributed by atoms with van der Waals surface area (Å²) in [6, 6.07) is 5.49. The molecule has 1 rings (SSSR count). The minimum Gasteiger partial charge on any atom is -0.463 e. The first-order valence-corrected chi connectivity index (χ1v) is 8.13. The van der Waals surface area contributed by atoms with Gasteiger partial charge in [-0.05, 0) is 43.0 Å². The molecule has 0 unspecified atom stereocenters. The van der Waals surface area contributed by atoms with Crippen LogP contribution in [0.15, 0.2) is 30.3 Å². The summed E-state index contributed by atoms with van der Waals surface area (Å²) in [5.41, 5.74) is 6.50. The van der Waals surface area contributed by atoms with E-state index in [2.05, 4.69) is 10.6 Å². The van der Waals surface area contributed by atoms with Crippen molar-refractivity contribution >= 4 is 29.7 Å². The molecule has 1 aromatic carbocycles. The summed E-state index contributed by atoms with van der Waals surface area (Å²) in [6.07, 6.45) is 3.45. The molecule has 0 heterocycles. The van der Waals surface area contributed by atoms with E-state index in [1.54, 1.807) is 37.3 Å². The number of benzene rings is 1. The number of nitrogens with two attached hydrogens (primary N) is 1. The van der Waals surface area contributed by atoms with Crippen molar-refractivity contribution < 1.29 is 19.1 Å². The Morgan fingerprint density at radius 3 is 2.36 bits per heavy atom. The van der Waals surface area contributed by atoms with Gasteiger partial charge >= 0.3 is 12.0 Å². The van der Waals surface area contributed by atoms with Gasteiger partial charge in [-0.1, -0.05) is 26.0 Å². The topological polar surface area (TPSA) is 111 Å². The number of primary amides is 1. The molecule has 0 spiro atoms. The first kappa shape index (κ1) is 20.2. The van der Waals surface area contributed by atoms with Crippen LogP contribution < -0.4 is 16.4 Å². The monoisotopic (exact) mass is 347 g/mol. The van der Waals surface area contributed by atoms with Crippen molar-refractivity contribution in [1.29, 1.82) is 0 Å². The molecule has 0 radical (unpaired) electrons. The van der Waals surface area contributed by atoms with Gasteiger partial charge in [-0.2, -0.15) is 0 Å². The Labute approximate surface area is 147 Å². The maximum atomic E-state index is 12.3. The fraction of sp³-hybridized carbons (Fsp3) is 0.389. The molecule has 7 heteroatoms. The largest absolute Gasteiger partial charge is 0.463 e. The van der Waals surface area contributed by atoms with E-state index >= 15 is 0 Å². The molecule has 0 bridgehead atoms. The highest BCUT2D eigenvalue weighted by Gasteiger charge is 2.21. The van der Waals surface area contributed by atoms with Crippen LogP contribution in [-0.4, -0.2) is 30.6 Å². The molecule has 0 aliphatic carbocycles. The molecule has 1 aromatic rings. The molecule has 0 aromatic heterocycles. The van der Waals surface area contributed by atoms with Gasteiger partial charge < -0.3 is 21.1 Å². The average Bonchev–Trinajstić information content (AvgIpc) is 2.53. The van der Waals surface area contributed by atoms with Crippen LogP contribution in [0.1, 0.15) is 32.8 Å². The number of ether oxygens (including phenoxy) is 1. The van der Waals surface area contributed by atoms with Crippen molar-refractivity contribution in [2.24, 2.45) is 11.7 Å². The number of esters is 1. The van der Waals surface area contributed by atoms with E-state index in [0.29, 0.717) is 18.7 Å². The van der Waals surface area contributed by atoms with Crippen LogP contribution in [0, 0.1) is 5.92 Å². The van der Waals surface area contributed by atoms with E-state index in [9.17, 15) is 14.4 Å². The number of hydrogen-bond acceptors (Lipinski definition) is 4. The van der Waals surface area contributed by atoms with Crippen molar-refractivity contribution in [3.8, 4) is 0 Å². The Hall–Kier alpha value is -2.83. The minimum absolute atomic E-state index is 0.220. The second-order valence-corrected chi connectivity index (χ2v) is 5.89. The maximum absolute atomic E-state index is 12.3. The SMILES string of the molecule is CCOC(=O)/C=C\c1ccc(NC(=O)[C@@H](CC(C)C)NC(N)=O)cc1. The van der Waals surface area contributed by atoms with Crippen LogP contribution in [0.4, 0.5) is 10.5 Å². The Bertz CT molecular complexity index is 624. The number of anilines is 1. The van der Waals surface area contributed by atoms with E-state index < -0.39 is 18.0 Å². The van der Waals surface area contributed by atoms with Crippen LogP contribution in [0.2, 0.25) is 0 Å². The second-order valence-electron chi connectivity index (χ2n) is 5.89. The van der Waals surface area contributed by atoms with Crippen LogP contribution in [0.3, 0.4) is 0 Å². The predicted molar refractivity (Wildman–Crippen MR) is 96.7 cm³/mol. The van der Waals surface area contributed by atoms with E-state index in [-0.39, 0.29) is 11.8 Å². The molecule has 3 amide bonds. The third-order valence-corrected chi connectivity index (χ3v) is 3.22. The zero-order chi connectivity index (χ0) is 18.8. The van der Waals surface area contributed by atoms with Gasteiger partial charge in [0.25, 0.3) is 0 Å². The number of nitrogens with one attached hydrogen (secondary N) is 2. The number of carbonyl (C=O) groups is 3. The minimum atomic E-state index is -0.736. The first-order chi connectivity index (χ1) is 11.8. The lowest BCUT2D eigenvalue weighted by Gasteiger charge is -2.19. The average molecular weight is 347 g/mol. The number of hydrogen-bond donors (Lipinski definition) is 3. The first-order valence-electron chi connectivity index (χ1n) is 8.13. The lowest BCUT2D eigenvalue weighted by molar-refractivity contribution is -0.137. The van der Waals surface area contributed by atoms with Crippen molar-refractivity contribution in [3.05, 3.63) is 35.9 Å². The lowest BCUT2D eigenvalue weighted by Crippen LogP contribution is -2.46.